The van der Waals surface area contributed by atoms with Crippen LogP contribution >= 0.6 is 0 Å². The van der Waals surface area contributed by atoms with Gasteiger partial charge >= 0.3 is 6.09 Å². The fraction of sp³-hybridized carbons (Fsp3) is 0.500. The Labute approximate surface area is 114 Å². The summed E-state index contributed by atoms with van der Waals surface area (Å²) in [6.45, 7) is 10.0. The lowest BCUT2D eigenvalue weighted by Gasteiger charge is -2.31. The number of hydrogen-bond donors (Lipinski definition) is 1. The number of ether oxygens (including phenoxy) is 1. The number of hydrogen-bond acceptors (Lipinski definition) is 3. The first-order chi connectivity index (χ1) is 8.87. The van der Waals surface area contributed by atoms with Crippen molar-refractivity contribution in [3.63, 3.8) is 0 Å². The molecule has 5 heteroatoms. The molecule has 0 unspecified atom stereocenters. The van der Waals surface area contributed by atoms with Gasteiger partial charge < -0.3 is 20.3 Å². The smallest absolute Gasteiger partial charge is 0.410 e. The highest BCUT2D eigenvalue weighted by molar-refractivity contribution is 5.69. The van der Waals surface area contributed by atoms with Crippen LogP contribution in [0.4, 0.5) is 4.79 Å². The zero-order valence-electron chi connectivity index (χ0n) is 11.8. The summed E-state index contributed by atoms with van der Waals surface area (Å²) in [5.74, 6) is 0. The van der Waals surface area contributed by atoms with E-state index in [9.17, 15) is 10.0 Å². The number of allylic oxidation sites excluding steroid dienone is 2. The normalized spacial score (nSPS) is 16.9. The van der Waals surface area contributed by atoms with Gasteiger partial charge in [0.05, 0.1) is 6.54 Å². The van der Waals surface area contributed by atoms with E-state index < -0.39 is 5.60 Å². The van der Waals surface area contributed by atoms with E-state index in [1.807, 2.05) is 26.8 Å². The molecule has 0 spiro atoms. The van der Waals surface area contributed by atoms with Crippen molar-refractivity contribution in [2.45, 2.75) is 32.8 Å². The maximum Gasteiger partial charge on any atom is 0.410 e. The van der Waals surface area contributed by atoms with E-state index in [2.05, 4.69) is 6.58 Å². The number of nitrogens with zero attached hydrogens (tertiary/aromatic N) is 1. The monoisotopic (exact) mass is 266 g/mol. The number of carbonyl (C=O) groups excluding carboxylic acids is 1. The highest BCUT2D eigenvalue weighted by Gasteiger charge is 2.26. The van der Waals surface area contributed by atoms with Gasteiger partial charge in [0, 0.05) is 18.5 Å². The maximum absolute atomic E-state index is 12.0. The van der Waals surface area contributed by atoms with Crippen molar-refractivity contribution < 1.29 is 15.0 Å². The van der Waals surface area contributed by atoms with Crippen LogP contribution in [-0.2, 0) is 4.74 Å². The third-order valence-corrected chi connectivity index (χ3v) is 2.65. The molecule has 19 heavy (non-hydrogen) atoms. The molecule has 0 aliphatic carbocycles. The standard InChI is InChI=1S/C14H22N2O3/c1-5-6-7-11-10-16(9-8-12(11)15-18)13(17)19-14(2,3)4/h5-7H,1,8-10,15H2,2-4H3/b7-6-. The lowest BCUT2D eigenvalue weighted by molar-refractivity contribution is -0.539. The first kappa shape index (κ1) is 15.5. The van der Waals surface area contributed by atoms with Gasteiger partial charge in [-0.15, -0.1) is 0 Å². The summed E-state index contributed by atoms with van der Waals surface area (Å²) in [4.78, 5) is 13.6. The van der Waals surface area contributed by atoms with E-state index in [4.69, 9.17) is 4.74 Å². The predicted molar refractivity (Wildman–Crippen MR) is 74.1 cm³/mol. The Bertz CT molecular complexity index is 405. The SMILES string of the molecule is C=C/C=C\C1=C([NH2+][O-])CCN(C(=O)OC(C)(C)C)C1. The number of quaternary nitrogens is 1. The molecule has 0 fully saturated rings. The average Bonchev–Trinajstić information content (AvgIpc) is 2.33. The van der Waals surface area contributed by atoms with Gasteiger partial charge in [0.15, 0.2) is 0 Å². The van der Waals surface area contributed by atoms with Gasteiger partial charge in [0.1, 0.15) is 11.3 Å². The largest absolute Gasteiger partial charge is 0.631 e. The summed E-state index contributed by atoms with van der Waals surface area (Å²) < 4.78 is 5.33. The second kappa shape index (κ2) is 6.54. The number of carbonyl (C=O) groups is 1. The zero-order valence-corrected chi connectivity index (χ0v) is 11.8. The zero-order chi connectivity index (χ0) is 14.5. The van der Waals surface area contributed by atoms with Gasteiger partial charge in [0.2, 0.25) is 0 Å². The van der Waals surface area contributed by atoms with E-state index in [0.717, 1.165) is 16.8 Å². The Morgan fingerprint density at radius 1 is 1.53 bits per heavy atom. The van der Waals surface area contributed by atoms with Crippen molar-refractivity contribution in [2.24, 2.45) is 0 Å². The summed E-state index contributed by atoms with van der Waals surface area (Å²) in [6.07, 6.45) is 5.42. The molecule has 1 heterocycles. The van der Waals surface area contributed by atoms with Crippen LogP contribution < -0.4 is 5.48 Å². The Kier molecular flexibility index (Phi) is 5.32. The second-order valence-electron chi connectivity index (χ2n) is 5.42. The topological polar surface area (TPSA) is 69.2 Å². The first-order valence-electron chi connectivity index (χ1n) is 6.31. The van der Waals surface area contributed by atoms with E-state index >= 15 is 0 Å². The minimum atomic E-state index is -0.511. The molecule has 0 saturated carbocycles. The van der Waals surface area contributed by atoms with Gasteiger partial charge in [-0.3, -0.25) is 0 Å². The first-order valence-corrected chi connectivity index (χ1v) is 6.31. The fourth-order valence-electron chi connectivity index (χ4n) is 1.76. The van der Waals surface area contributed by atoms with E-state index in [-0.39, 0.29) is 6.09 Å². The van der Waals surface area contributed by atoms with E-state index in [1.54, 1.807) is 17.1 Å². The summed E-state index contributed by atoms with van der Waals surface area (Å²) in [7, 11) is 0. The van der Waals surface area contributed by atoms with Crippen LogP contribution in [0.15, 0.2) is 36.1 Å². The van der Waals surface area contributed by atoms with Gasteiger partial charge in [-0.25, -0.2) is 4.79 Å². The molecule has 0 aromatic carbocycles. The van der Waals surface area contributed by atoms with Crippen LogP contribution in [-0.4, -0.2) is 29.7 Å². The third kappa shape index (κ3) is 4.89. The van der Waals surface area contributed by atoms with Crippen molar-refractivity contribution in [1.29, 1.82) is 0 Å². The van der Waals surface area contributed by atoms with Crippen molar-refractivity contribution in [1.82, 2.24) is 4.90 Å². The highest BCUT2D eigenvalue weighted by atomic mass is 16.6. The number of nitrogens with two attached hydrogens (primary N) is 1. The number of rotatable bonds is 3. The van der Waals surface area contributed by atoms with Crippen LogP contribution in [0.2, 0.25) is 0 Å². The van der Waals surface area contributed by atoms with Gasteiger partial charge in [-0.05, 0) is 20.8 Å². The molecule has 1 amide bonds. The summed E-state index contributed by atoms with van der Waals surface area (Å²) in [6, 6.07) is 0. The lowest BCUT2D eigenvalue weighted by Crippen LogP contribution is -2.76. The van der Waals surface area contributed by atoms with Crippen molar-refractivity contribution in [3.8, 4) is 0 Å². The molecule has 5 nitrogen and oxygen atoms in total. The Balaban J connectivity index is 2.77. The van der Waals surface area contributed by atoms with Crippen LogP contribution in [0.1, 0.15) is 27.2 Å². The molecule has 1 aliphatic heterocycles. The van der Waals surface area contributed by atoms with Crippen LogP contribution in [0.3, 0.4) is 0 Å². The molecule has 1 aliphatic rings. The fourth-order valence-corrected chi connectivity index (χ4v) is 1.76. The quantitative estimate of drug-likeness (QED) is 0.624. The Morgan fingerprint density at radius 3 is 2.74 bits per heavy atom. The van der Waals surface area contributed by atoms with Crippen LogP contribution in [0.25, 0.3) is 0 Å². The minimum Gasteiger partial charge on any atom is -0.631 e. The molecule has 0 aromatic rings. The molecular formula is C14H22N2O3. The van der Waals surface area contributed by atoms with Gasteiger partial charge in [0.25, 0.3) is 0 Å². The Morgan fingerprint density at radius 2 is 2.21 bits per heavy atom. The molecule has 1 rings (SSSR count). The second-order valence-corrected chi connectivity index (χ2v) is 5.42. The molecule has 0 radical (unpaired) electrons. The van der Waals surface area contributed by atoms with Crippen LogP contribution in [0, 0.1) is 5.21 Å². The summed E-state index contributed by atoms with van der Waals surface area (Å²) in [5.41, 5.74) is 1.92. The van der Waals surface area contributed by atoms with E-state index in [0.29, 0.717) is 19.5 Å². The molecule has 0 atom stereocenters. The number of amides is 1. The molecule has 106 valence electrons. The summed E-state index contributed by atoms with van der Waals surface area (Å²) in [5, 5.41) is 11.0. The molecular weight excluding hydrogens is 244 g/mol. The molecule has 2 N–H and O–H groups in total. The minimum absolute atomic E-state index is 0.345. The third-order valence-electron chi connectivity index (χ3n) is 2.65. The van der Waals surface area contributed by atoms with Crippen molar-refractivity contribution in [2.75, 3.05) is 13.1 Å². The molecule has 0 saturated heterocycles. The summed E-state index contributed by atoms with van der Waals surface area (Å²) >= 11 is 0. The molecule has 0 aromatic heterocycles. The Hall–Kier alpha value is -1.59. The van der Waals surface area contributed by atoms with Crippen molar-refractivity contribution >= 4 is 6.09 Å². The van der Waals surface area contributed by atoms with Crippen LogP contribution in [0.5, 0.6) is 0 Å². The average molecular weight is 266 g/mol. The highest BCUT2D eigenvalue weighted by Crippen LogP contribution is 2.18. The van der Waals surface area contributed by atoms with E-state index in [1.165, 1.54) is 0 Å². The predicted octanol–water partition coefficient (Wildman–Crippen LogP) is 1.68. The van der Waals surface area contributed by atoms with Gasteiger partial charge in [-0.2, -0.15) is 0 Å². The van der Waals surface area contributed by atoms with Crippen molar-refractivity contribution in [3.05, 3.63) is 41.3 Å². The lowest BCUT2D eigenvalue weighted by atomic mass is 10.1. The number of hydroxylamine groups is 1. The van der Waals surface area contributed by atoms with Gasteiger partial charge in [-0.1, -0.05) is 24.8 Å². The molecule has 0 bridgehead atoms. The maximum atomic E-state index is 12.0.